The highest BCUT2D eigenvalue weighted by atomic mass is 16.6. The molecule has 2 atom stereocenters. The van der Waals surface area contributed by atoms with Crippen molar-refractivity contribution in [3.63, 3.8) is 0 Å². The van der Waals surface area contributed by atoms with Crippen LogP contribution in [0.15, 0.2) is 59.4 Å². The standard InChI is InChI=1S/C25H27N5O5/c1-16-12-23(31)24(27-29(16)21-10-6-7-11-22(21)30(33)34)25(32)26-20-9-5-4-8-19(20)15-28-13-17(2)35-18(3)14-28/h4-12,17-18H,13-15H2,1-3H3,(H,26,32). The molecule has 1 aliphatic heterocycles. The molecule has 2 heterocycles. The predicted molar refractivity (Wildman–Crippen MR) is 131 cm³/mol. The van der Waals surface area contributed by atoms with Crippen molar-refractivity contribution in [3.8, 4) is 5.69 Å². The molecule has 2 unspecified atom stereocenters. The number of aromatic nitrogens is 2. The molecule has 0 spiro atoms. The molecule has 0 radical (unpaired) electrons. The SMILES string of the molecule is Cc1cc(=O)c(C(=O)Nc2ccccc2CN2CC(C)OC(C)C2)nn1-c1ccccc1[N+](=O)[O-]. The van der Waals surface area contributed by atoms with Gasteiger partial charge in [0, 0.05) is 43.1 Å². The summed E-state index contributed by atoms with van der Waals surface area (Å²) >= 11 is 0. The molecule has 1 N–H and O–H groups in total. The van der Waals surface area contributed by atoms with E-state index in [0.717, 1.165) is 18.7 Å². The number of ether oxygens (including phenoxy) is 1. The van der Waals surface area contributed by atoms with Crippen LogP contribution < -0.4 is 10.7 Å². The molecule has 1 fully saturated rings. The van der Waals surface area contributed by atoms with Gasteiger partial charge in [0.1, 0.15) is 5.69 Å². The van der Waals surface area contributed by atoms with Crippen LogP contribution in [0.5, 0.6) is 0 Å². The Kier molecular flexibility index (Phi) is 7.04. The van der Waals surface area contributed by atoms with Crippen LogP contribution in [0.4, 0.5) is 11.4 Å². The topological polar surface area (TPSA) is 120 Å². The fraction of sp³-hybridized carbons (Fsp3) is 0.320. The molecule has 4 rings (SSSR count). The van der Waals surface area contributed by atoms with Crippen LogP contribution in [-0.2, 0) is 11.3 Å². The van der Waals surface area contributed by atoms with Crippen molar-refractivity contribution in [2.24, 2.45) is 0 Å². The number of anilines is 1. The molecule has 1 aliphatic rings. The minimum Gasteiger partial charge on any atom is -0.373 e. The van der Waals surface area contributed by atoms with Crippen LogP contribution in [0.1, 0.15) is 35.6 Å². The number of aryl methyl sites for hydroxylation is 1. The Morgan fingerprint density at radius 1 is 1.14 bits per heavy atom. The third-order valence-corrected chi connectivity index (χ3v) is 5.78. The highest BCUT2D eigenvalue weighted by Crippen LogP contribution is 2.23. The number of nitrogens with one attached hydrogen (secondary N) is 1. The smallest absolute Gasteiger partial charge is 0.294 e. The second-order valence-corrected chi connectivity index (χ2v) is 8.72. The average Bonchev–Trinajstić information content (AvgIpc) is 2.79. The van der Waals surface area contributed by atoms with Gasteiger partial charge in [-0.05, 0) is 38.5 Å². The van der Waals surface area contributed by atoms with E-state index in [2.05, 4.69) is 15.3 Å². The summed E-state index contributed by atoms with van der Waals surface area (Å²) < 4.78 is 7.05. The zero-order chi connectivity index (χ0) is 25.1. The summed E-state index contributed by atoms with van der Waals surface area (Å²) in [5.41, 5.74) is 0.908. The van der Waals surface area contributed by atoms with Crippen LogP contribution in [0.2, 0.25) is 0 Å². The van der Waals surface area contributed by atoms with E-state index in [4.69, 9.17) is 4.74 Å². The van der Waals surface area contributed by atoms with Gasteiger partial charge in [-0.15, -0.1) is 0 Å². The highest BCUT2D eigenvalue weighted by Gasteiger charge is 2.24. The first-order valence-electron chi connectivity index (χ1n) is 11.3. The van der Waals surface area contributed by atoms with Crippen LogP contribution in [-0.4, -0.2) is 50.8 Å². The maximum atomic E-state index is 13.1. The third kappa shape index (κ3) is 5.44. The van der Waals surface area contributed by atoms with E-state index in [0.29, 0.717) is 17.9 Å². The average molecular weight is 478 g/mol. The van der Waals surface area contributed by atoms with E-state index in [1.807, 2.05) is 26.0 Å². The van der Waals surface area contributed by atoms with Crippen LogP contribution in [0, 0.1) is 17.0 Å². The number of rotatable bonds is 6. The summed E-state index contributed by atoms with van der Waals surface area (Å²) in [7, 11) is 0. The Morgan fingerprint density at radius 3 is 2.51 bits per heavy atom. The number of amides is 1. The van der Waals surface area contributed by atoms with Crippen LogP contribution >= 0.6 is 0 Å². The lowest BCUT2D eigenvalue weighted by Crippen LogP contribution is -2.44. The minimum absolute atomic E-state index is 0.109. The van der Waals surface area contributed by atoms with E-state index >= 15 is 0 Å². The first-order chi connectivity index (χ1) is 16.7. The van der Waals surface area contributed by atoms with Gasteiger partial charge in [0.2, 0.25) is 5.43 Å². The summed E-state index contributed by atoms with van der Waals surface area (Å²) in [5.74, 6) is -0.682. The number of para-hydroxylation sites is 3. The van der Waals surface area contributed by atoms with Crippen molar-refractivity contribution in [1.29, 1.82) is 0 Å². The van der Waals surface area contributed by atoms with E-state index in [1.165, 1.54) is 22.9 Å². The first kappa shape index (κ1) is 24.2. The molecule has 3 aromatic rings. The van der Waals surface area contributed by atoms with Gasteiger partial charge in [0.15, 0.2) is 5.69 Å². The number of nitrogens with zero attached hydrogens (tertiary/aromatic N) is 4. The lowest BCUT2D eigenvalue weighted by Gasteiger charge is -2.35. The largest absolute Gasteiger partial charge is 0.373 e. The number of hydrogen-bond acceptors (Lipinski definition) is 7. The minimum atomic E-state index is -0.682. The first-order valence-corrected chi connectivity index (χ1v) is 11.3. The van der Waals surface area contributed by atoms with Crippen molar-refractivity contribution in [2.45, 2.75) is 39.5 Å². The molecule has 0 aliphatic carbocycles. The Bertz CT molecular complexity index is 1310. The quantitative estimate of drug-likeness (QED) is 0.427. The molecule has 0 saturated carbocycles. The van der Waals surface area contributed by atoms with Crippen LogP contribution in [0.25, 0.3) is 5.69 Å². The van der Waals surface area contributed by atoms with Crippen LogP contribution in [0.3, 0.4) is 0 Å². The predicted octanol–water partition coefficient (Wildman–Crippen LogP) is 3.31. The molecule has 1 amide bonds. The fourth-order valence-corrected chi connectivity index (χ4v) is 4.36. The Morgan fingerprint density at radius 2 is 1.80 bits per heavy atom. The summed E-state index contributed by atoms with van der Waals surface area (Å²) in [5, 5.41) is 18.5. The monoisotopic (exact) mass is 477 g/mol. The maximum absolute atomic E-state index is 13.1. The second-order valence-electron chi connectivity index (χ2n) is 8.72. The number of nitro benzene ring substituents is 1. The summed E-state index contributed by atoms with van der Waals surface area (Å²) in [6.07, 6.45) is 0.218. The van der Waals surface area contributed by atoms with Crippen molar-refractivity contribution in [3.05, 3.63) is 91.9 Å². The van der Waals surface area contributed by atoms with Gasteiger partial charge in [-0.3, -0.25) is 24.6 Å². The lowest BCUT2D eigenvalue weighted by molar-refractivity contribution is -0.384. The third-order valence-electron chi connectivity index (χ3n) is 5.78. The highest BCUT2D eigenvalue weighted by molar-refractivity contribution is 6.03. The van der Waals surface area contributed by atoms with Gasteiger partial charge >= 0.3 is 0 Å². The molecule has 10 nitrogen and oxygen atoms in total. The number of benzene rings is 2. The molecular formula is C25H27N5O5. The molecule has 1 aromatic heterocycles. The van der Waals surface area contributed by atoms with E-state index in [-0.39, 0.29) is 29.3 Å². The van der Waals surface area contributed by atoms with E-state index in [1.54, 1.807) is 31.2 Å². The summed E-state index contributed by atoms with van der Waals surface area (Å²) in [6, 6.07) is 14.7. The van der Waals surface area contributed by atoms with Gasteiger partial charge in [-0.25, -0.2) is 4.68 Å². The Hall–Kier alpha value is -3.89. The van der Waals surface area contributed by atoms with Gasteiger partial charge in [-0.1, -0.05) is 30.3 Å². The molecular weight excluding hydrogens is 450 g/mol. The zero-order valence-electron chi connectivity index (χ0n) is 19.8. The molecule has 10 heteroatoms. The van der Waals surface area contributed by atoms with Gasteiger partial charge in [0.05, 0.1) is 17.1 Å². The molecule has 2 aromatic carbocycles. The number of carbonyl (C=O) groups is 1. The van der Waals surface area contributed by atoms with Gasteiger partial charge in [0.25, 0.3) is 11.6 Å². The summed E-state index contributed by atoms with van der Waals surface area (Å²) in [4.78, 5) is 39.0. The molecule has 35 heavy (non-hydrogen) atoms. The Labute approximate surface area is 202 Å². The molecule has 1 saturated heterocycles. The van der Waals surface area contributed by atoms with E-state index in [9.17, 15) is 19.7 Å². The zero-order valence-corrected chi connectivity index (χ0v) is 19.8. The molecule has 0 bridgehead atoms. The number of hydrogen-bond donors (Lipinski definition) is 1. The number of morpholine rings is 1. The Balaban J connectivity index is 1.63. The van der Waals surface area contributed by atoms with Crippen molar-refractivity contribution in [2.75, 3.05) is 18.4 Å². The number of nitro groups is 1. The second kappa shape index (κ2) is 10.2. The number of carbonyl (C=O) groups excluding carboxylic acids is 1. The maximum Gasteiger partial charge on any atom is 0.294 e. The normalized spacial score (nSPS) is 18.3. The van der Waals surface area contributed by atoms with Gasteiger partial charge in [-0.2, -0.15) is 5.10 Å². The molecule has 182 valence electrons. The van der Waals surface area contributed by atoms with Crippen molar-refractivity contribution >= 4 is 17.3 Å². The van der Waals surface area contributed by atoms with Gasteiger partial charge < -0.3 is 10.1 Å². The lowest BCUT2D eigenvalue weighted by atomic mass is 10.1. The summed E-state index contributed by atoms with van der Waals surface area (Å²) in [6.45, 7) is 7.81. The van der Waals surface area contributed by atoms with Crippen molar-refractivity contribution in [1.82, 2.24) is 14.7 Å². The van der Waals surface area contributed by atoms with E-state index < -0.39 is 16.3 Å². The van der Waals surface area contributed by atoms with Crippen molar-refractivity contribution < 1.29 is 14.5 Å². The fourth-order valence-electron chi connectivity index (χ4n) is 4.36.